The summed E-state index contributed by atoms with van der Waals surface area (Å²) in [4.78, 5) is 0. The van der Waals surface area contributed by atoms with Gasteiger partial charge in [-0.15, -0.1) is 0 Å². The van der Waals surface area contributed by atoms with Crippen molar-refractivity contribution in [1.82, 2.24) is 0 Å². The summed E-state index contributed by atoms with van der Waals surface area (Å²) in [6.07, 6.45) is 2.71. The van der Waals surface area contributed by atoms with Crippen LogP contribution in [0.4, 0.5) is 0 Å². The van der Waals surface area contributed by atoms with E-state index in [0.29, 0.717) is 11.7 Å². The van der Waals surface area contributed by atoms with Crippen LogP contribution in [0.2, 0.25) is 0 Å². The van der Waals surface area contributed by atoms with Gasteiger partial charge in [-0.25, -0.2) is 0 Å². The van der Waals surface area contributed by atoms with Gasteiger partial charge >= 0.3 is 0 Å². The molecule has 0 aromatic heterocycles. The van der Waals surface area contributed by atoms with E-state index >= 15 is 0 Å². The molecule has 2 N–H and O–H groups in total. The summed E-state index contributed by atoms with van der Waals surface area (Å²) >= 11 is 0. The van der Waals surface area contributed by atoms with Crippen LogP contribution < -0.4 is 0 Å². The third kappa shape index (κ3) is 1.83. The first kappa shape index (κ1) is 8.57. The van der Waals surface area contributed by atoms with E-state index in [1.807, 2.05) is 12.1 Å². The molecule has 1 aromatic carbocycles. The van der Waals surface area contributed by atoms with Crippen LogP contribution in [-0.4, -0.2) is 16.3 Å². The van der Waals surface area contributed by atoms with Gasteiger partial charge in [0.25, 0.3) is 0 Å². The standard InChI is InChI=1S/C11H14O2/c12-10-4-1-8(2-5-10)9-3-6-11(13)7-9/h1-2,4-5,9,11-13H,3,6-7H2. The molecule has 0 radical (unpaired) electrons. The highest BCUT2D eigenvalue weighted by Gasteiger charge is 2.23. The zero-order valence-corrected chi connectivity index (χ0v) is 7.48. The van der Waals surface area contributed by atoms with Crippen LogP contribution in [-0.2, 0) is 0 Å². The molecule has 0 saturated heterocycles. The van der Waals surface area contributed by atoms with Crippen LogP contribution >= 0.6 is 0 Å². The van der Waals surface area contributed by atoms with Gasteiger partial charge in [-0.2, -0.15) is 0 Å². The number of rotatable bonds is 1. The molecule has 70 valence electrons. The molecule has 1 saturated carbocycles. The maximum absolute atomic E-state index is 9.37. The third-order valence-electron chi connectivity index (χ3n) is 2.77. The Hall–Kier alpha value is -1.02. The van der Waals surface area contributed by atoms with Gasteiger partial charge < -0.3 is 10.2 Å². The lowest BCUT2D eigenvalue weighted by atomic mass is 9.98. The number of aromatic hydroxyl groups is 1. The van der Waals surface area contributed by atoms with Gasteiger partial charge in [-0.3, -0.25) is 0 Å². The Morgan fingerprint density at radius 1 is 1.08 bits per heavy atom. The van der Waals surface area contributed by atoms with Crippen LogP contribution in [0.25, 0.3) is 0 Å². The molecule has 2 unspecified atom stereocenters. The number of phenols is 1. The molecule has 0 heterocycles. The highest BCUT2D eigenvalue weighted by atomic mass is 16.3. The summed E-state index contributed by atoms with van der Waals surface area (Å²) in [6, 6.07) is 7.30. The Kier molecular flexibility index (Phi) is 2.23. The molecule has 1 aliphatic carbocycles. The fourth-order valence-electron chi connectivity index (χ4n) is 2.01. The maximum atomic E-state index is 9.37. The van der Waals surface area contributed by atoms with E-state index in [-0.39, 0.29) is 6.10 Å². The van der Waals surface area contributed by atoms with Crippen LogP contribution in [0.15, 0.2) is 24.3 Å². The first-order valence-corrected chi connectivity index (χ1v) is 4.72. The lowest BCUT2D eigenvalue weighted by molar-refractivity contribution is 0.181. The van der Waals surface area contributed by atoms with Crippen molar-refractivity contribution in [2.24, 2.45) is 0 Å². The Bertz CT molecular complexity index is 279. The summed E-state index contributed by atoms with van der Waals surface area (Å²) < 4.78 is 0. The Morgan fingerprint density at radius 3 is 2.31 bits per heavy atom. The second-order valence-corrected chi connectivity index (χ2v) is 3.76. The Labute approximate surface area is 77.8 Å². The van der Waals surface area contributed by atoms with E-state index in [9.17, 15) is 5.11 Å². The number of benzene rings is 1. The van der Waals surface area contributed by atoms with Crippen molar-refractivity contribution in [3.63, 3.8) is 0 Å². The summed E-state index contributed by atoms with van der Waals surface area (Å²) in [5.74, 6) is 0.790. The minimum Gasteiger partial charge on any atom is -0.508 e. The van der Waals surface area contributed by atoms with Crippen molar-refractivity contribution < 1.29 is 10.2 Å². The molecule has 2 atom stereocenters. The summed E-state index contributed by atoms with van der Waals surface area (Å²) in [6.45, 7) is 0. The smallest absolute Gasteiger partial charge is 0.115 e. The van der Waals surface area contributed by atoms with Gasteiger partial charge in [-0.05, 0) is 42.9 Å². The molecule has 2 heteroatoms. The second-order valence-electron chi connectivity index (χ2n) is 3.76. The van der Waals surface area contributed by atoms with Gasteiger partial charge in [0.1, 0.15) is 5.75 Å². The number of aliphatic hydroxyl groups is 1. The molecule has 2 nitrogen and oxygen atoms in total. The highest BCUT2D eigenvalue weighted by Crippen LogP contribution is 2.34. The first-order chi connectivity index (χ1) is 6.25. The molecule has 1 fully saturated rings. The number of aliphatic hydroxyl groups excluding tert-OH is 1. The van der Waals surface area contributed by atoms with Gasteiger partial charge in [0.15, 0.2) is 0 Å². The predicted molar refractivity (Wildman–Crippen MR) is 50.7 cm³/mol. The second kappa shape index (κ2) is 3.38. The normalized spacial score (nSPS) is 27.8. The molecule has 0 amide bonds. The average molecular weight is 178 g/mol. The molecule has 0 bridgehead atoms. The van der Waals surface area contributed by atoms with Crippen molar-refractivity contribution in [2.75, 3.05) is 0 Å². The van der Waals surface area contributed by atoms with Crippen molar-refractivity contribution in [2.45, 2.75) is 31.3 Å². The molecule has 1 aliphatic rings. The fraction of sp³-hybridized carbons (Fsp3) is 0.455. The average Bonchev–Trinajstić information content (AvgIpc) is 2.53. The van der Waals surface area contributed by atoms with E-state index in [4.69, 9.17) is 5.11 Å². The molecule has 13 heavy (non-hydrogen) atoms. The molecule has 0 spiro atoms. The first-order valence-electron chi connectivity index (χ1n) is 4.72. The largest absolute Gasteiger partial charge is 0.508 e. The van der Waals surface area contributed by atoms with Gasteiger partial charge in [0.2, 0.25) is 0 Å². The van der Waals surface area contributed by atoms with Crippen molar-refractivity contribution in [1.29, 1.82) is 0 Å². The fourth-order valence-corrected chi connectivity index (χ4v) is 2.01. The van der Waals surface area contributed by atoms with Crippen molar-refractivity contribution >= 4 is 0 Å². The van der Waals surface area contributed by atoms with Crippen LogP contribution in [0.3, 0.4) is 0 Å². The summed E-state index contributed by atoms with van der Waals surface area (Å²) in [5, 5.41) is 18.5. The van der Waals surface area contributed by atoms with Gasteiger partial charge in [0.05, 0.1) is 6.10 Å². The molecule has 2 rings (SSSR count). The molecular formula is C11H14O2. The van der Waals surface area contributed by atoms with E-state index < -0.39 is 0 Å². The molecular weight excluding hydrogens is 164 g/mol. The zero-order valence-electron chi connectivity index (χ0n) is 7.48. The minimum atomic E-state index is -0.126. The number of hydrogen-bond acceptors (Lipinski definition) is 2. The number of hydrogen-bond donors (Lipinski definition) is 2. The lowest BCUT2D eigenvalue weighted by Crippen LogP contribution is -1.99. The van der Waals surface area contributed by atoms with Crippen molar-refractivity contribution in [3.05, 3.63) is 29.8 Å². The van der Waals surface area contributed by atoms with Crippen LogP contribution in [0.5, 0.6) is 5.75 Å². The third-order valence-corrected chi connectivity index (χ3v) is 2.77. The summed E-state index contributed by atoms with van der Waals surface area (Å²) in [7, 11) is 0. The quantitative estimate of drug-likeness (QED) is 0.690. The summed E-state index contributed by atoms with van der Waals surface area (Å²) in [5.41, 5.74) is 1.23. The maximum Gasteiger partial charge on any atom is 0.115 e. The minimum absolute atomic E-state index is 0.126. The SMILES string of the molecule is Oc1ccc(C2CCC(O)C2)cc1. The Morgan fingerprint density at radius 2 is 1.77 bits per heavy atom. The van der Waals surface area contributed by atoms with E-state index in [2.05, 4.69) is 0 Å². The number of phenolic OH excluding ortho intramolecular Hbond substituents is 1. The monoisotopic (exact) mass is 178 g/mol. The topological polar surface area (TPSA) is 40.5 Å². The van der Waals surface area contributed by atoms with Gasteiger partial charge in [0, 0.05) is 0 Å². The van der Waals surface area contributed by atoms with E-state index in [0.717, 1.165) is 19.3 Å². The van der Waals surface area contributed by atoms with E-state index in [1.54, 1.807) is 12.1 Å². The zero-order chi connectivity index (χ0) is 9.26. The van der Waals surface area contributed by atoms with Crippen molar-refractivity contribution in [3.8, 4) is 5.75 Å². The molecule has 1 aromatic rings. The molecule has 0 aliphatic heterocycles. The predicted octanol–water partition coefficient (Wildman–Crippen LogP) is 2.02. The van der Waals surface area contributed by atoms with Crippen LogP contribution in [0.1, 0.15) is 30.7 Å². The Balaban J connectivity index is 2.13. The lowest BCUT2D eigenvalue weighted by Gasteiger charge is -2.08. The van der Waals surface area contributed by atoms with E-state index in [1.165, 1.54) is 5.56 Å². The van der Waals surface area contributed by atoms with Crippen LogP contribution in [0, 0.1) is 0 Å². The highest BCUT2D eigenvalue weighted by molar-refractivity contribution is 5.28. The van der Waals surface area contributed by atoms with Gasteiger partial charge in [-0.1, -0.05) is 12.1 Å².